The third-order valence-electron chi connectivity index (χ3n) is 4.81. The first-order valence-electron chi connectivity index (χ1n) is 8.45. The van der Waals surface area contributed by atoms with Gasteiger partial charge in [0.1, 0.15) is 0 Å². The Kier molecular flexibility index (Phi) is 3.96. The SMILES string of the molecule is CC(C)(C)c1ccc(CNC2CC2)c(=O)n1C1CCCC1. The van der Waals surface area contributed by atoms with Crippen molar-refractivity contribution >= 4 is 0 Å². The molecular formula is C18H28N2O. The maximum atomic E-state index is 13.0. The van der Waals surface area contributed by atoms with Crippen LogP contribution in [0.5, 0.6) is 0 Å². The molecule has 0 atom stereocenters. The Bertz CT molecular complexity index is 558. The van der Waals surface area contributed by atoms with Crippen molar-refractivity contribution in [1.82, 2.24) is 9.88 Å². The molecule has 0 saturated heterocycles. The summed E-state index contributed by atoms with van der Waals surface area (Å²) < 4.78 is 2.12. The van der Waals surface area contributed by atoms with E-state index in [2.05, 4.69) is 36.7 Å². The minimum absolute atomic E-state index is 0.0181. The molecule has 1 heterocycles. The molecule has 3 rings (SSSR count). The third-order valence-corrected chi connectivity index (χ3v) is 4.81. The Hall–Kier alpha value is -1.09. The summed E-state index contributed by atoms with van der Waals surface area (Å²) in [6.45, 7) is 7.33. The fourth-order valence-electron chi connectivity index (χ4n) is 3.41. The zero-order valence-electron chi connectivity index (χ0n) is 13.6. The van der Waals surface area contributed by atoms with Crippen LogP contribution >= 0.6 is 0 Å². The lowest BCUT2D eigenvalue weighted by Crippen LogP contribution is -2.35. The molecule has 0 radical (unpaired) electrons. The van der Waals surface area contributed by atoms with E-state index in [4.69, 9.17) is 0 Å². The van der Waals surface area contributed by atoms with Gasteiger partial charge in [0.25, 0.3) is 5.56 Å². The molecule has 1 N–H and O–H groups in total. The highest BCUT2D eigenvalue weighted by molar-refractivity contribution is 5.22. The molecule has 2 fully saturated rings. The van der Waals surface area contributed by atoms with Crippen LogP contribution < -0.4 is 10.9 Å². The number of aromatic nitrogens is 1. The average molecular weight is 288 g/mol. The van der Waals surface area contributed by atoms with Gasteiger partial charge >= 0.3 is 0 Å². The molecular weight excluding hydrogens is 260 g/mol. The topological polar surface area (TPSA) is 34.0 Å². The molecule has 2 aliphatic rings. The summed E-state index contributed by atoms with van der Waals surface area (Å²) in [6.07, 6.45) is 7.34. The number of hydrogen-bond acceptors (Lipinski definition) is 2. The highest BCUT2D eigenvalue weighted by Gasteiger charge is 2.27. The number of hydrogen-bond donors (Lipinski definition) is 1. The normalized spacial score (nSPS) is 20.1. The smallest absolute Gasteiger partial charge is 0.255 e. The van der Waals surface area contributed by atoms with Gasteiger partial charge in [-0.1, -0.05) is 39.7 Å². The summed E-state index contributed by atoms with van der Waals surface area (Å²) in [6, 6.07) is 5.28. The van der Waals surface area contributed by atoms with E-state index in [9.17, 15) is 4.79 Å². The molecule has 2 aliphatic carbocycles. The summed E-state index contributed by atoms with van der Waals surface area (Å²) in [5.41, 5.74) is 2.38. The van der Waals surface area contributed by atoms with Crippen molar-refractivity contribution in [3.63, 3.8) is 0 Å². The van der Waals surface area contributed by atoms with E-state index < -0.39 is 0 Å². The van der Waals surface area contributed by atoms with Crippen LogP contribution in [0.1, 0.15) is 76.6 Å². The van der Waals surface area contributed by atoms with Crippen LogP contribution in [0.3, 0.4) is 0 Å². The van der Waals surface area contributed by atoms with Crippen LogP contribution in [0.4, 0.5) is 0 Å². The number of rotatable bonds is 4. The van der Waals surface area contributed by atoms with Crippen LogP contribution in [0.15, 0.2) is 16.9 Å². The predicted molar refractivity (Wildman–Crippen MR) is 86.8 cm³/mol. The third kappa shape index (κ3) is 3.23. The quantitative estimate of drug-likeness (QED) is 0.920. The summed E-state index contributed by atoms with van der Waals surface area (Å²) in [5, 5.41) is 3.48. The van der Waals surface area contributed by atoms with Crippen LogP contribution in [0, 0.1) is 0 Å². The molecule has 0 amide bonds. The lowest BCUT2D eigenvalue weighted by atomic mass is 9.90. The molecule has 0 aliphatic heterocycles. The van der Waals surface area contributed by atoms with Gasteiger partial charge < -0.3 is 9.88 Å². The van der Waals surface area contributed by atoms with Crippen LogP contribution in [-0.4, -0.2) is 10.6 Å². The molecule has 0 spiro atoms. The number of pyridine rings is 1. The van der Waals surface area contributed by atoms with E-state index >= 15 is 0 Å². The zero-order chi connectivity index (χ0) is 15.0. The summed E-state index contributed by atoms with van der Waals surface area (Å²) in [4.78, 5) is 13.0. The molecule has 0 unspecified atom stereocenters. The van der Waals surface area contributed by atoms with Crippen molar-refractivity contribution in [2.45, 2.75) is 83.3 Å². The lowest BCUT2D eigenvalue weighted by molar-refractivity contribution is 0.428. The fraction of sp³-hybridized carbons (Fsp3) is 0.722. The van der Waals surface area contributed by atoms with E-state index in [-0.39, 0.29) is 11.0 Å². The molecule has 3 heteroatoms. The number of nitrogens with zero attached hydrogens (tertiary/aromatic N) is 1. The molecule has 1 aromatic rings. The Labute approximate surface area is 127 Å². The number of nitrogens with one attached hydrogen (secondary N) is 1. The molecule has 0 aromatic carbocycles. The highest BCUT2D eigenvalue weighted by atomic mass is 16.1. The summed E-state index contributed by atoms with van der Waals surface area (Å²) >= 11 is 0. The highest BCUT2D eigenvalue weighted by Crippen LogP contribution is 2.32. The van der Waals surface area contributed by atoms with E-state index in [0.717, 1.165) is 24.9 Å². The fourth-order valence-corrected chi connectivity index (χ4v) is 3.41. The maximum Gasteiger partial charge on any atom is 0.255 e. The second kappa shape index (κ2) is 5.60. The van der Waals surface area contributed by atoms with Crippen molar-refractivity contribution in [3.05, 3.63) is 33.7 Å². The largest absolute Gasteiger partial charge is 0.310 e. The maximum absolute atomic E-state index is 13.0. The second-order valence-electron chi connectivity index (χ2n) is 7.76. The first-order chi connectivity index (χ1) is 9.97. The second-order valence-corrected chi connectivity index (χ2v) is 7.76. The first-order valence-corrected chi connectivity index (χ1v) is 8.45. The van der Waals surface area contributed by atoms with Gasteiger partial charge in [0.05, 0.1) is 0 Å². The van der Waals surface area contributed by atoms with Gasteiger partial charge in [0.2, 0.25) is 0 Å². The van der Waals surface area contributed by atoms with Gasteiger partial charge in [-0.25, -0.2) is 0 Å². The van der Waals surface area contributed by atoms with E-state index in [0.29, 0.717) is 12.1 Å². The van der Waals surface area contributed by atoms with Gasteiger partial charge in [-0.15, -0.1) is 0 Å². The standard InChI is InChI=1S/C18H28N2O/c1-18(2,3)16-11-8-13(12-19-14-9-10-14)17(21)20(16)15-6-4-5-7-15/h8,11,14-15,19H,4-7,9-10,12H2,1-3H3. The van der Waals surface area contributed by atoms with E-state index in [1.54, 1.807) is 0 Å². The average Bonchev–Trinajstić information content (AvgIpc) is 3.09. The van der Waals surface area contributed by atoms with Gasteiger partial charge in [0, 0.05) is 35.3 Å². The molecule has 21 heavy (non-hydrogen) atoms. The minimum Gasteiger partial charge on any atom is -0.310 e. The van der Waals surface area contributed by atoms with Crippen LogP contribution in [-0.2, 0) is 12.0 Å². The molecule has 116 valence electrons. The van der Waals surface area contributed by atoms with Crippen LogP contribution in [0.25, 0.3) is 0 Å². The van der Waals surface area contributed by atoms with Gasteiger partial charge in [0.15, 0.2) is 0 Å². The lowest BCUT2D eigenvalue weighted by Gasteiger charge is -2.28. The first kappa shape index (κ1) is 14.8. The van der Waals surface area contributed by atoms with E-state index in [1.165, 1.54) is 31.4 Å². The minimum atomic E-state index is 0.0181. The Balaban J connectivity index is 1.97. The van der Waals surface area contributed by atoms with Crippen molar-refractivity contribution in [2.24, 2.45) is 0 Å². The van der Waals surface area contributed by atoms with Gasteiger partial charge in [-0.05, 0) is 31.7 Å². The Morgan fingerprint density at radius 2 is 1.81 bits per heavy atom. The molecule has 2 saturated carbocycles. The van der Waals surface area contributed by atoms with Crippen molar-refractivity contribution in [2.75, 3.05) is 0 Å². The Morgan fingerprint density at radius 3 is 2.38 bits per heavy atom. The van der Waals surface area contributed by atoms with Gasteiger partial charge in [-0.3, -0.25) is 4.79 Å². The summed E-state index contributed by atoms with van der Waals surface area (Å²) in [7, 11) is 0. The zero-order valence-corrected chi connectivity index (χ0v) is 13.6. The summed E-state index contributed by atoms with van der Waals surface area (Å²) in [5.74, 6) is 0. The van der Waals surface area contributed by atoms with Crippen molar-refractivity contribution in [1.29, 1.82) is 0 Å². The predicted octanol–water partition coefficient (Wildman–Crippen LogP) is 3.51. The molecule has 0 bridgehead atoms. The van der Waals surface area contributed by atoms with Gasteiger partial charge in [-0.2, -0.15) is 0 Å². The van der Waals surface area contributed by atoms with Crippen LogP contribution in [0.2, 0.25) is 0 Å². The molecule has 3 nitrogen and oxygen atoms in total. The Morgan fingerprint density at radius 1 is 1.14 bits per heavy atom. The molecule has 1 aromatic heterocycles. The monoisotopic (exact) mass is 288 g/mol. The van der Waals surface area contributed by atoms with E-state index in [1.807, 2.05) is 6.07 Å². The van der Waals surface area contributed by atoms with Crippen molar-refractivity contribution in [3.8, 4) is 0 Å². The van der Waals surface area contributed by atoms with Crippen molar-refractivity contribution < 1.29 is 0 Å².